The minimum absolute atomic E-state index is 0.0297. The van der Waals surface area contributed by atoms with Gasteiger partial charge in [0, 0.05) is 17.8 Å². The molecule has 0 bridgehead atoms. The predicted octanol–water partition coefficient (Wildman–Crippen LogP) is 3.91. The summed E-state index contributed by atoms with van der Waals surface area (Å²) in [5.41, 5.74) is -0.976. The molecule has 5 heteroatoms. The Morgan fingerprint density at radius 2 is 1.71 bits per heavy atom. The fourth-order valence-corrected chi connectivity index (χ4v) is 1.51. The summed E-state index contributed by atoms with van der Waals surface area (Å²) < 4.78 is 51.1. The number of alkyl halides is 3. The maximum Gasteiger partial charge on any atom is 0.417 e. The monoisotopic (exact) mass is 241 g/mol. The smallest absolute Gasteiger partial charge is 0.256 e. The maximum absolute atomic E-state index is 13.0. The quantitative estimate of drug-likeness (QED) is 0.690. The van der Waals surface area contributed by atoms with Crippen LogP contribution in [0.5, 0.6) is 0 Å². The van der Waals surface area contributed by atoms with Crippen LogP contribution in [0.4, 0.5) is 17.6 Å². The fraction of sp³-hybridized carbons (Fsp3) is 0.0833. The summed E-state index contributed by atoms with van der Waals surface area (Å²) in [5, 5.41) is 0. The van der Waals surface area contributed by atoms with Crippen LogP contribution in [0, 0.1) is 5.82 Å². The zero-order valence-electron chi connectivity index (χ0n) is 8.50. The highest BCUT2D eigenvalue weighted by Gasteiger charge is 2.33. The van der Waals surface area contributed by atoms with Gasteiger partial charge in [0.05, 0.1) is 11.3 Å². The second kappa shape index (κ2) is 4.16. The molecule has 0 fully saturated rings. The molecular weight excluding hydrogens is 234 g/mol. The Morgan fingerprint density at radius 1 is 1.00 bits per heavy atom. The molecule has 0 aliphatic heterocycles. The van der Waals surface area contributed by atoms with Gasteiger partial charge in [0.25, 0.3) is 0 Å². The number of aromatic nitrogens is 1. The van der Waals surface area contributed by atoms with Gasteiger partial charge in [-0.3, -0.25) is 4.98 Å². The van der Waals surface area contributed by atoms with Gasteiger partial charge in [0.15, 0.2) is 0 Å². The van der Waals surface area contributed by atoms with Crippen molar-refractivity contribution in [2.45, 2.75) is 6.18 Å². The lowest BCUT2D eigenvalue weighted by Crippen LogP contribution is -2.07. The molecule has 0 unspecified atom stereocenters. The minimum Gasteiger partial charge on any atom is -0.256 e. The lowest BCUT2D eigenvalue weighted by atomic mass is 10.0. The van der Waals surface area contributed by atoms with E-state index in [4.69, 9.17) is 0 Å². The SMILES string of the molecule is Fc1ccnc(-c2ccccc2C(F)(F)F)c1. The van der Waals surface area contributed by atoms with Crippen molar-refractivity contribution >= 4 is 0 Å². The molecule has 1 aromatic heterocycles. The third-order valence-electron chi connectivity index (χ3n) is 2.23. The molecule has 0 atom stereocenters. The van der Waals surface area contributed by atoms with Crippen molar-refractivity contribution in [1.29, 1.82) is 0 Å². The van der Waals surface area contributed by atoms with E-state index < -0.39 is 17.6 Å². The Balaban J connectivity index is 2.60. The second-order valence-corrected chi connectivity index (χ2v) is 3.40. The average Bonchev–Trinajstić information content (AvgIpc) is 2.28. The summed E-state index contributed by atoms with van der Waals surface area (Å²) in [6.45, 7) is 0. The Kier molecular flexibility index (Phi) is 2.83. The van der Waals surface area contributed by atoms with E-state index in [9.17, 15) is 17.6 Å². The third-order valence-corrected chi connectivity index (χ3v) is 2.23. The predicted molar refractivity (Wildman–Crippen MR) is 54.6 cm³/mol. The fourth-order valence-electron chi connectivity index (χ4n) is 1.51. The number of benzene rings is 1. The molecule has 0 aliphatic rings. The van der Waals surface area contributed by atoms with Crippen LogP contribution in [0.1, 0.15) is 5.56 Å². The lowest BCUT2D eigenvalue weighted by molar-refractivity contribution is -0.137. The van der Waals surface area contributed by atoms with Crippen molar-refractivity contribution in [3.05, 3.63) is 54.0 Å². The van der Waals surface area contributed by atoms with Gasteiger partial charge in [0.1, 0.15) is 5.82 Å². The summed E-state index contributed by atoms with van der Waals surface area (Å²) in [6, 6.07) is 7.01. The van der Waals surface area contributed by atoms with Crippen LogP contribution in [0.3, 0.4) is 0 Å². The number of hydrogen-bond donors (Lipinski definition) is 0. The van der Waals surface area contributed by atoms with Gasteiger partial charge < -0.3 is 0 Å². The van der Waals surface area contributed by atoms with E-state index in [1.807, 2.05) is 0 Å². The molecular formula is C12H7F4N. The minimum atomic E-state index is -4.48. The first kappa shape index (κ1) is 11.6. The highest BCUT2D eigenvalue weighted by Crippen LogP contribution is 2.36. The average molecular weight is 241 g/mol. The number of hydrogen-bond acceptors (Lipinski definition) is 1. The molecule has 1 aromatic carbocycles. The molecule has 88 valence electrons. The third kappa shape index (κ3) is 2.43. The van der Waals surface area contributed by atoms with Crippen LogP contribution in [0.25, 0.3) is 11.3 Å². The van der Waals surface area contributed by atoms with Crippen LogP contribution in [0.2, 0.25) is 0 Å². The molecule has 0 saturated heterocycles. The van der Waals surface area contributed by atoms with Crippen LogP contribution >= 0.6 is 0 Å². The van der Waals surface area contributed by atoms with Crippen molar-refractivity contribution < 1.29 is 17.6 Å². The summed E-state index contributed by atoms with van der Waals surface area (Å²) in [6.07, 6.45) is -3.34. The maximum atomic E-state index is 13.0. The molecule has 2 aromatic rings. The highest BCUT2D eigenvalue weighted by molar-refractivity contribution is 5.64. The molecule has 1 heterocycles. The number of rotatable bonds is 1. The topological polar surface area (TPSA) is 12.9 Å². The van der Waals surface area contributed by atoms with Gasteiger partial charge in [-0.05, 0) is 12.1 Å². The first-order chi connectivity index (χ1) is 7.98. The standard InChI is InChI=1S/C12H7F4N/c13-8-5-6-17-11(7-8)9-3-1-2-4-10(9)12(14,15)16/h1-7H. The molecule has 0 radical (unpaired) electrons. The largest absolute Gasteiger partial charge is 0.417 e. The van der Waals surface area contributed by atoms with Gasteiger partial charge in [-0.2, -0.15) is 13.2 Å². The Bertz CT molecular complexity index is 534. The second-order valence-electron chi connectivity index (χ2n) is 3.40. The first-order valence-electron chi connectivity index (χ1n) is 4.76. The van der Waals surface area contributed by atoms with E-state index in [-0.39, 0.29) is 11.3 Å². The molecule has 0 amide bonds. The van der Waals surface area contributed by atoms with Crippen molar-refractivity contribution in [3.63, 3.8) is 0 Å². The normalized spacial score (nSPS) is 11.5. The van der Waals surface area contributed by atoms with Crippen LogP contribution in [0.15, 0.2) is 42.6 Å². The van der Waals surface area contributed by atoms with E-state index in [0.29, 0.717) is 0 Å². The Labute approximate surface area is 94.7 Å². The van der Waals surface area contributed by atoms with Gasteiger partial charge in [-0.1, -0.05) is 18.2 Å². The zero-order chi connectivity index (χ0) is 12.5. The molecule has 0 saturated carbocycles. The molecule has 0 N–H and O–H groups in total. The molecule has 0 spiro atoms. The first-order valence-corrected chi connectivity index (χ1v) is 4.76. The van der Waals surface area contributed by atoms with Crippen molar-refractivity contribution in [3.8, 4) is 11.3 Å². The lowest BCUT2D eigenvalue weighted by Gasteiger charge is -2.11. The molecule has 2 rings (SSSR count). The molecule has 0 aliphatic carbocycles. The van der Waals surface area contributed by atoms with Gasteiger partial charge in [-0.15, -0.1) is 0 Å². The Morgan fingerprint density at radius 3 is 2.35 bits per heavy atom. The molecule has 1 nitrogen and oxygen atoms in total. The van der Waals surface area contributed by atoms with E-state index in [1.54, 1.807) is 0 Å². The highest BCUT2D eigenvalue weighted by atomic mass is 19.4. The van der Waals surface area contributed by atoms with E-state index in [0.717, 1.165) is 24.4 Å². The zero-order valence-corrected chi connectivity index (χ0v) is 8.50. The van der Waals surface area contributed by atoms with E-state index in [1.165, 1.54) is 18.2 Å². The summed E-state index contributed by atoms with van der Waals surface area (Å²) in [5.74, 6) is -0.619. The van der Waals surface area contributed by atoms with Crippen LogP contribution in [-0.2, 0) is 6.18 Å². The summed E-state index contributed by atoms with van der Waals surface area (Å²) >= 11 is 0. The number of nitrogens with zero attached hydrogens (tertiary/aromatic N) is 1. The van der Waals surface area contributed by atoms with Crippen molar-refractivity contribution in [1.82, 2.24) is 4.98 Å². The number of halogens is 4. The van der Waals surface area contributed by atoms with Gasteiger partial charge in [0.2, 0.25) is 0 Å². The number of pyridine rings is 1. The van der Waals surface area contributed by atoms with Crippen LogP contribution in [-0.4, -0.2) is 4.98 Å². The molecule has 17 heavy (non-hydrogen) atoms. The summed E-state index contributed by atoms with van der Waals surface area (Å²) in [4.78, 5) is 3.74. The van der Waals surface area contributed by atoms with Gasteiger partial charge >= 0.3 is 6.18 Å². The Hall–Kier alpha value is -1.91. The summed E-state index contributed by atoms with van der Waals surface area (Å²) in [7, 11) is 0. The van der Waals surface area contributed by atoms with E-state index >= 15 is 0 Å². The van der Waals surface area contributed by atoms with Crippen LogP contribution < -0.4 is 0 Å². The van der Waals surface area contributed by atoms with E-state index in [2.05, 4.69) is 4.98 Å². The van der Waals surface area contributed by atoms with Gasteiger partial charge in [-0.25, -0.2) is 4.39 Å². The van der Waals surface area contributed by atoms with Crippen molar-refractivity contribution in [2.24, 2.45) is 0 Å². The van der Waals surface area contributed by atoms with Crippen molar-refractivity contribution in [2.75, 3.05) is 0 Å².